The molecule has 5 atom stereocenters. The number of alkyl halides is 3. The van der Waals surface area contributed by atoms with Gasteiger partial charge in [-0.15, -0.1) is 0 Å². The van der Waals surface area contributed by atoms with Gasteiger partial charge in [-0.25, -0.2) is 36.1 Å². The molecule has 0 aliphatic carbocycles. The standard InChI is InChI=1S/C32H35ClN6O5S.C25H31N5O4S.C18H20F3N3O4S.C11H10N4O/c1-8-19(3)18-43-45(42)30-17-26(35-7)25(34-6)16-27(30)38-39-32(41)37-24-15-22(11-12-23(24)33)36-31(40)28(9-2)44-29-13-10-20(4)14-21(29)5;1-7-17(2)16-34-35(32)24-15-21(27-6)20(26-5)14-22(24)29-30-25(31)28-11-8-12-33-23-10-9-18(3)13-19(23)4;1-10-5-6-13(15(7-10)28-3)22-17(25)24-23-14-9-12(18(19,20)21)16(8-11(14)2)29(4,26)27;1-7-4-9(6-12)11(5-10(7)13-3)15-14-8(2)16/h10-17,19,28,38H,8-9,18H2,1-5H3,(H,36,40)(H2,37,39,41);9-10,13-15,17,29H,7-8,11-12,16H2,1-4H3,(H2,28,30,31);5-9,23H,1-4H3,(H2,22,24,25);4-5,15H,1-2H3,(H,14,16). The summed E-state index contributed by atoms with van der Waals surface area (Å²) in [5.41, 5.74) is 27.1. The van der Waals surface area contributed by atoms with E-state index in [4.69, 9.17) is 72.3 Å². The van der Waals surface area contributed by atoms with Crippen molar-refractivity contribution in [3.63, 3.8) is 0 Å². The smallest absolute Gasteiger partial charge is 0.417 e. The van der Waals surface area contributed by atoms with Crippen LogP contribution in [0.1, 0.15) is 117 Å². The van der Waals surface area contributed by atoms with Gasteiger partial charge in [-0.05, 0) is 192 Å². The van der Waals surface area contributed by atoms with Gasteiger partial charge >= 0.3 is 24.3 Å². The number of anilines is 7. The van der Waals surface area contributed by atoms with Gasteiger partial charge in [-0.1, -0.05) is 101 Å². The zero-order chi connectivity index (χ0) is 93.0. The number of aryl methyl sites for hydroxylation is 7. The molecule has 8 rings (SSSR count). The highest BCUT2D eigenvalue weighted by atomic mass is 35.5. The van der Waals surface area contributed by atoms with Crippen molar-refractivity contribution < 1.29 is 76.6 Å². The van der Waals surface area contributed by atoms with E-state index in [1.165, 1.54) is 69.0 Å². The van der Waals surface area contributed by atoms with Gasteiger partial charge in [0.15, 0.2) is 66.5 Å². The molecule has 0 heterocycles. The van der Waals surface area contributed by atoms with E-state index in [9.17, 15) is 54.0 Å². The topological polar surface area (TPSA) is 390 Å². The third kappa shape index (κ3) is 32.2. The zero-order valence-electron chi connectivity index (χ0n) is 71.1. The highest BCUT2D eigenvalue weighted by molar-refractivity contribution is 7.90. The summed E-state index contributed by atoms with van der Waals surface area (Å²) in [7, 11) is -2.67. The summed E-state index contributed by atoms with van der Waals surface area (Å²) in [4.78, 5) is 77.0. The number of amides is 8. The number of benzene rings is 8. The number of hydrogen-bond acceptors (Lipinski definition) is 19. The molecule has 0 bridgehead atoms. The Morgan fingerprint density at radius 3 is 1.50 bits per heavy atom. The van der Waals surface area contributed by atoms with Crippen LogP contribution in [0.4, 0.5) is 95.8 Å². The van der Waals surface area contributed by atoms with E-state index >= 15 is 0 Å². The number of nitriles is 1. The molecule has 39 heteroatoms. The largest absolute Gasteiger partial charge is 0.495 e. The molecule has 0 aliphatic heterocycles. The van der Waals surface area contributed by atoms with E-state index in [1.54, 1.807) is 37.3 Å². The van der Waals surface area contributed by atoms with Gasteiger partial charge in [0, 0.05) is 25.4 Å². The minimum Gasteiger partial charge on any atom is -0.495 e. The molecule has 0 aromatic heterocycles. The molecular weight excluding hydrogens is 1700 g/mol. The Balaban J connectivity index is 0.000000311. The third-order valence-electron chi connectivity index (χ3n) is 17.8. The first-order chi connectivity index (χ1) is 59.2. The van der Waals surface area contributed by atoms with E-state index in [2.05, 4.69) is 88.9 Å². The van der Waals surface area contributed by atoms with Crippen LogP contribution in [0.15, 0.2) is 136 Å². The van der Waals surface area contributed by atoms with Gasteiger partial charge < -0.3 is 35.5 Å². The molecule has 0 spiro atoms. The lowest BCUT2D eigenvalue weighted by atomic mass is 10.1. The van der Waals surface area contributed by atoms with E-state index in [1.807, 2.05) is 112 Å². The number of urea groups is 3. The van der Waals surface area contributed by atoms with Crippen molar-refractivity contribution in [3.8, 4) is 23.3 Å². The normalized spacial score (nSPS) is 11.7. The fourth-order valence-corrected chi connectivity index (χ4v) is 13.6. The van der Waals surface area contributed by atoms with Crippen molar-refractivity contribution in [3.05, 3.63) is 234 Å². The number of halogens is 4. The Bertz CT molecular complexity index is 5690. The molecule has 5 unspecified atom stereocenters. The highest BCUT2D eigenvalue weighted by Crippen LogP contribution is 2.40. The van der Waals surface area contributed by atoms with E-state index in [0.717, 1.165) is 52.5 Å². The van der Waals surface area contributed by atoms with E-state index < -0.39 is 72.8 Å². The number of hydrazine groups is 4. The monoisotopic (exact) mass is 1790 g/mol. The molecule has 8 aromatic rings. The van der Waals surface area contributed by atoms with Crippen LogP contribution < -0.4 is 78.9 Å². The van der Waals surface area contributed by atoms with Gasteiger partial charge in [-0.2, -0.15) is 18.4 Å². The average molecular weight is 1790 g/mol. The van der Waals surface area contributed by atoms with Crippen LogP contribution in [0, 0.1) is 104 Å². The van der Waals surface area contributed by atoms with Crippen molar-refractivity contribution in [2.24, 2.45) is 11.8 Å². The Kier molecular flexibility index (Phi) is 40.3. The summed E-state index contributed by atoms with van der Waals surface area (Å²) in [6, 6.07) is 31.4. The summed E-state index contributed by atoms with van der Waals surface area (Å²) >= 11 is 2.46. The van der Waals surface area contributed by atoms with Gasteiger partial charge in [0.05, 0.1) is 125 Å². The van der Waals surface area contributed by atoms with Gasteiger partial charge in [-0.3, -0.25) is 80.7 Å². The zero-order valence-corrected chi connectivity index (χ0v) is 74.3. The average Bonchev–Trinajstić information content (AvgIpc) is 0.780. The third-order valence-corrected chi connectivity index (χ3v) is 21.3. The summed E-state index contributed by atoms with van der Waals surface area (Å²) in [6.07, 6.45) is -2.24. The second-order valence-electron chi connectivity index (χ2n) is 27.9. The first-order valence-electron chi connectivity index (χ1n) is 38.2. The second kappa shape index (κ2) is 49.4. The molecule has 0 fully saturated rings. The lowest BCUT2D eigenvalue weighted by molar-refractivity contribution is -0.139. The fraction of sp³-hybridized carbons (Fsp3) is 0.314. The SMILES string of the molecule is COc1cc(C)ccc1NC(=O)NNc1cc(C(F)(F)F)c(S(C)(=O)=O)cc1C.[C-]#[N+]c1cc(NNC(=O)NCCCOc2ccc(C)cc2C)c(S(=O)OCC(C)CC)cc1[N+]#[C-].[C-]#[N+]c1cc(NNC(=O)Nc2cc(NC(=O)C(CC)Oc3ccc(C)cc3C)ccc2Cl)c(S(=O)OCC(C)CC)cc1[N+]#[C-].[C-]#[N+]c1cc(NNC(C)=O)c(C#N)cc1C. The van der Waals surface area contributed by atoms with E-state index in [-0.39, 0.29) is 103 Å². The number of nitrogens with zero attached hydrogens (tertiary/aromatic N) is 6. The van der Waals surface area contributed by atoms with Gasteiger partial charge in [0.25, 0.3) is 5.91 Å². The van der Waals surface area contributed by atoms with Crippen molar-refractivity contribution in [1.29, 1.82) is 5.26 Å². The van der Waals surface area contributed by atoms with Crippen LogP contribution in [0.3, 0.4) is 0 Å². The number of rotatable bonds is 32. The molecule has 0 radical (unpaired) electrons. The summed E-state index contributed by atoms with van der Waals surface area (Å²) in [6.45, 7) is 61.6. The van der Waals surface area contributed by atoms with Gasteiger partial charge in [0.1, 0.15) is 23.3 Å². The number of hydrogen-bond donors (Lipinski definition) is 12. The maximum atomic E-state index is 13.3. The molecule has 125 heavy (non-hydrogen) atoms. The number of carbonyl (C=O) groups is 5. The van der Waals surface area contributed by atoms with Crippen LogP contribution in [0.25, 0.3) is 24.2 Å². The number of sulfone groups is 1. The van der Waals surface area contributed by atoms with Gasteiger partial charge in [0.2, 0.25) is 5.91 Å². The number of ether oxygens (including phenoxy) is 3. The Labute approximate surface area is 735 Å². The Hall–Kier alpha value is -13.7. The predicted octanol–water partition coefficient (Wildman–Crippen LogP) is 19.4. The van der Waals surface area contributed by atoms with Crippen LogP contribution >= 0.6 is 11.6 Å². The quantitative estimate of drug-likeness (QED) is 0.0106. The summed E-state index contributed by atoms with van der Waals surface area (Å²) in [5.74, 6) is 1.57. The minimum atomic E-state index is -4.89. The molecule has 660 valence electrons. The molecule has 12 N–H and O–H groups in total. The Morgan fingerprint density at radius 1 is 0.536 bits per heavy atom. The van der Waals surface area contributed by atoms with Crippen LogP contribution in [0.2, 0.25) is 5.02 Å². The van der Waals surface area contributed by atoms with Crippen LogP contribution in [0.5, 0.6) is 17.2 Å². The predicted molar refractivity (Wildman–Crippen MR) is 477 cm³/mol. The maximum Gasteiger partial charge on any atom is 0.417 e. The highest BCUT2D eigenvalue weighted by Gasteiger charge is 2.37. The van der Waals surface area contributed by atoms with Crippen molar-refractivity contribution in [2.75, 3.05) is 77.4 Å². The van der Waals surface area contributed by atoms with Crippen LogP contribution in [-0.4, -0.2) is 92.6 Å². The molecule has 32 nitrogen and oxygen atoms in total. The molecule has 0 aliphatic rings. The molecule has 0 saturated carbocycles. The molecule has 8 amide bonds. The second-order valence-corrected chi connectivity index (χ2v) is 32.6. The minimum absolute atomic E-state index is 0.00541. The first kappa shape index (κ1) is 102. The molecular formula is C86H96ClF3N18O14S3. The summed E-state index contributed by atoms with van der Waals surface area (Å²) in [5, 5.41) is 19.7. The van der Waals surface area contributed by atoms with E-state index in [0.29, 0.717) is 78.1 Å². The molecule has 0 saturated heterocycles. The lowest BCUT2D eigenvalue weighted by Gasteiger charge is -2.19. The fourth-order valence-electron chi connectivity index (χ4n) is 10.5. The van der Waals surface area contributed by atoms with Crippen molar-refractivity contribution >= 4 is 142 Å². The summed E-state index contributed by atoms with van der Waals surface area (Å²) < 4.78 is 117. The number of carbonyl (C=O) groups excluding carboxylic acids is 5. The molecule has 8 aromatic carbocycles. The Morgan fingerprint density at radius 2 is 1.02 bits per heavy atom. The number of nitrogens with one attached hydrogen (secondary N) is 12. The van der Waals surface area contributed by atoms with Crippen molar-refractivity contribution in [1.82, 2.24) is 27.0 Å². The lowest BCUT2D eigenvalue weighted by Crippen LogP contribution is -2.40. The van der Waals surface area contributed by atoms with Crippen LogP contribution in [-0.2, 0) is 56.1 Å². The first-order valence-corrected chi connectivity index (χ1v) is 42.6. The number of methoxy groups -OCH3 is 1. The van der Waals surface area contributed by atoms with Crippen molar-refractivity contribution in [2.45, 2.75) is 143 Å². The maximum absolute atomic E-state index is 13.3.